The van der Waals surface area contributed by atoms with E-state index in [-0.39, 0.29) is 22.8 Å². The molecule has 0 fully saturated rings. The van der Waals surface area contributed by atoms with Crippen LogP contribution in [0.15, 0.2) is 23.1 Å². The van der Waals surface area contributed by atoms with Crippen LogP contribution in [-0.4, -0.2) is 31.2 Å². The first kappa shape index (κ1) is 14.4. The van der Waals surface area contributed by atoms with E-state index in [2.05, 4.69) is 5.43 Å². The van der Waals surface area contributed by atoms with Crippen molar-refractivity contribution in [2.75, 3.05) is 19.0 Å². The van der Waals surface area contributed by atoms with Crippen LogP contribution >= 0.6 is 0 Å². The molecule has 9 heteroatoms. The number of hydrogen-bond donors (Lipinski definition) is 2. The second kappa shape index (κ2) is 5.29. The molecule has 18 heavy (non-hydrogen) atoms. The van der Waals surface area contributed by atoms with Gasteiger partial charge in [-0.05, 0) is 12.1 Å². The Kier molecular flexibility index (Phi) is 4.22. The number of nitrogens with two attached hydrogens (primary N) is 1. The third-order valence-corrected chi connectivity index (χ3v) is 4.40. The summed E-state index contributed by atoms with van der Waals surface area (Å²) in [5.74, 6) is 5.12. The Morgan fingerprint density at radius 2 is 2.11 bits per heavy atom. The fourth-order valence-corrected chi connectivity index (χ4v) is 2.50. The van der Waals surface area contributed by atoms with Gasteiger partial charge in [-0.25, -0.2) is 12.7 Å². The van der Waals surface area contributed by atoms with Gasteiger partial charge in [-0.15, -0.1) is 0 Å². The number of nitrogens with one attached hydrogen (secondary N) is 1. The minimum Gasteiger partial charge on any atom is -0.318 e. The summed E-state index contributed by atoms with van der Waals surface area (Å²) in [5.41, 5.74) is 1.82. The second-order valence-corrected chi connectivity index (χ2v) is 5.54. The van der Waals surface area contributed by atoms with Crippen LogP contribution in [0.3, 0.4) is 0 Å². The van der Waals surface area contributed by atoms with E-state index in [1.54, 1.807) is 6.92 Å². The molecule has 3 N–H and O–H groups in total. The molecule has 0 aliphatic carbocycles. The fourth-order valence-electron chi connectivity index (χ4n) is 1.29. The molecule has 1 rings (SSSR count). The van der Waals surface area contributed by atoms with Crippen molar-refractivity contribution in [1.82, 2.24) is 4.31 Å². The summed E-state index contributed by atoms with van der Waals surface area (Å²) in [6.07, 6.45) is 0. The van der Waals surface area contributed by atoms with E-state index in [1.165, 1.54) is 19.2 Å². The number of nitrogens with zero attached hydrogens (tertiary/aromatic N) is 2. The molecule has 1 aromatic carbocycles. The van der Waals surface area contributed by atoms with Gasteiger partial charge in [-0.2, -0.15) is 0 Å². The minimum absolute atomic E-state index is 0.0538. The van der Waals surface area contributed by atoms with Crippen molar-refractivity contribution in [3.05, 3.63) is 28.3 Å². The zero-order valence-corrected chi connectivity index (χ0v) is 10.8. The van der Waals surface area contributed by atoms with E-state index < -0.39 is 14.9 Å². The van der Waals surface area contributed by atoms with Gasteiger partial charge in [0, 0.05) is 19.7 Å². The van der Waals surface area contributed by atoms with Crippen LogP contribution in [0.1, 0.15) is 6.92 Å². The Balaban J connectivity index is 3.37. The minimum atomic E-state index is -3.71. The lowest BCUT2D eigenvalue weighted by Crippen LogP contribution is -2.26. The molecule has 0 aliphatic heterocycles. The standard InChI is InChI=1S/C9H14N4O4S/c1-3-12(2)18(16,17)7-4-5-8(11-10)9(6-7)13(14)15/h4-6,11H,3,10H2,1-2H3. The first-order chi connectivity index (χ1) is 8.34. The molecule has 0 spiro atoms. The summed E-state index contributed by atoms with van der Waals surface area (Å²) < 4.78 is 25.1. The molecule has 0 aliphatic rings. The van der Waals surface area contributed by atoms with Crippen LogP contribution in [-0.2, 0) is 10.0 Å². The van der Waals surface area contributed by atoms with Crippen LogP contribution in [0.2, 0.25) is 0 Å². The predicted molar refractivity (Wildman–Crippen MR) is 66.4 cm³/mol. The molecule has 100 valence electrons. The molecule has 8 nitrogen and oxygen atoms in total. The van der Waals surface area contributed by atoms with Crippen molar-refractivity contribution < 1.29 is 13.3 Å². The monoisotopic (exact) mass is 274 g/mol. The van der Waals surface area contributed by atoms with Crippen LogP contribution in [0.4, 0.5) is 11.4 Å². The van der Waals surface area contributed by atoms with Crippen LogP contribution < -0.4 is 11.3 Å². The number of nitro benzene ring substituents is 1. The van der Waals surface area contributed by atoms with Gasteiger partial charge >= 0.3 is 0 Å². The SMILES string of the molecule is CCN(C)S(=O)(=O)c1ccc(NN)c([N+](=O)[O-])c1. The molecule has 0 radical (unpaired) electrons. The molecule has 0 atom stereocenters. The second-order valence-electron chi connectivity index (χ2n) is 3.50. The number of hydrogen-bond acceptors (Lipinski definition) is 6. The fraction of sp³-hybridized carbons (Fsp3) is 0.333. The number of sulfonamides is 1. The third-order valence-electron chi connectivity index (χ3n) is 2.47. The highest BCUT2D eigenvalue weighted by molar-refractivity contribution is 7.89. The van der Waals surface area contributed by atoms with E-state index in [0.29, 0.717) is 0 Å². The van der Waals surface area contributed by atoms with Crippen molar-refractivity contribution in [3.8, 4) is 0 Å². The number of rotatable bonds is 5. The third kappa shape index (κ3) is 2.58. The average molecular weight is 274 g/mol. The average Bonchev–Trinajstić information content (AvgIpc) is 2.36. The maximum Gasteiger partial charge on any atom is 0.294 e. The van der Waals surface area contributed by atoms with Gasteiger partial charge in [0.05, 0.1) is 9.82 Å². The highest BCUT2D eigenvalue weighted by Gasteiger charge is 2.23. The first-order valence-corrected chi connectivity index (χ1v) is 6.50. The van der Waals surface area contributed by atoms with Crippen molar-refractivity contribution >= 4 is 21.4 Å². The lowest BCUT2D eigenvalue weighted by Gasteiger charge is -2.15. The van der Waals surface area contributed by atoms with Gasteiger partial charge in [0.25, 0.3) is 5.69 Å². The molecular weight excluding hydrogens is 260 g/mol. The quantitative estimate of drug-likeness (QED) is 0.459. The van der Waals surface area contributed by atoms with Crippen molar-refractivity contribution in [2.24, 2.45) is 5.84 Å². The van der Waals surface area contributed by atoms with Crippen LogP contribution in [0.25, 0.3) is 0 Å². The van der Waals surface area contributed by atoms with Gasteiger partial charge in [0.2, 0.25) is 10.0 Å². The highest BCUT2D eigenvalue weighted by atomic mass is 32.2. The number of benzene rings is 1. The molecule has 0 heterocycles. The van der Waals surface area contributed by atoms with E-state index >= 15 is 0 Å². The van der Waals surface area contributed by atoms with E-state index in [0.717, 1.165) is 10.4 Å². The lowest BCUT2D eigenvalue weighted by atomic mass is 10.3. The molecule has 1 aromatic rings. The Morgan fingerprint density at radius 3 is 2.56 bits per heavy atom. The zero-order chi connectivity index (χ0) is 13.9. The zero-order valence-electron chi connectivity index (χ0n) is 9.95. The Bertz CT molecular complexity index is 558. The predicted octanol–water partition coefficient (Wildman–Crippen LogP) is 0.521. The number of nitrogen functional groups attached to an aromatic ring is 1. The molecular formula is C9H14N4O4S. The van der Waals surface area contributed by atoms with Gasteiger partial charge < -0.3 is 5.43 Å². The topological polar surface area (TPSA) is 119 Å². The normalized spacial score (nSPS) is 11.6. The van der Waals surface area contributed by atoms with E-state index in [1.807, 2.05) is 0 Å². The maximum atomic E-state index is 12.0. The first-order valence-electron chi connectivity index (χ1n) is 5.06. The van der Waals surface area contributed by atoms with Crippen LogP contribution in [0, 0.1) is 10.1 Å². The van der Waals surface area contributed by atoms with Crippen LogP contribution in [0.5, 0.6) is 0 Å². The molecule has 0 amide bonds. The summed E-state index contributed by atoms with van der Waals surface area (Å²) >= 11 is 0. The smallest absolute Gasteiger partial charge is 0.294 e. The van der Waals surface area contributed by atoms with Gasteiger partial charge in [0.15, 0.2) is 0 Å². The Labute approximate surface area is 105 Å². The summed E-state index contributed by atoms with van der Waals surface area (Å²) in [6, 6.07) is 3.51. The summed E-state index contributed by atoms with van der Waals surface area (Å²) in [5, 5.41) is 10.8. The molecule has 0 bridgehead atoms. The summed E-state index contributed by atoms with van der Waals surface area (Å²) in [4.78, 5) is 9.97. The van der Waals surface area contributed by atoms with Crippen molar-refractivity contribution in [3.63, 3.8) is 0 Å². The number of anilines is 1. The van der Waals surface area contributed by atoms with Gasteiger partial charge in [-0.3, -0.25) is 16.0 Å². The number of hydrazine groups is 1. The maximum absolute atomic E-state index is 12.0. The summed E-state index contributed by atoms with van der Waals surface area (Å²) in [6.45, 7) is 1.94. The Morgan fingerprint density at radius 1 is 1.50 bits per heavy atom. The van der Waals surface area contributed by atoms with Crippen molar-refractivity contribution in [2.45, 2.75) is 11.8 Å². The highest BCUT2D eigenvalue weighted by Crippen LogP contribution is 2.27. The largest absolute Gasteiger partial charge is 0.318 e. The molecule has 0 unspecified atom stereocenters. The molecule has 0 saturated heterocycles. The molecule has 0 saturated carbocycles. The lowest BCUT2D eigenvalue weighted by molar-refractivity contribution is -0.384. The van der Waals surface area contributed by atoms with Gasteiger partial charge in [-0.1, -0.05) is 6.92 Å². The number of nitro groups is 1. The van der Waals surface area contributed by atoms with E-state index in [4.69, 9.17) is 5.84 Å². The Hall–Kier alpha value is -1.71. The molecule has 0 aromatic heterocycles. The summed E-state index contributed by atoms with van der Waals surface area (Å²) in [7, 11) is -2.31. The van der Waals surface area contributed by atoms with Gasteiger partial charge in [0.1, 0.15) is 5.69 Å². The van der Waals surface area contributed by atoms with Crippen molar-refractivity contribution in [1.29, 1.82) is 0 Å². The van der Waals surface area contributed by atoms with E-state index in [9.17, 15) is 18.5 Å².